The van der Waals surface area contributed by atoms with Gasteiger partial charge in [-0.15, -0.1) is 0 Å². The summed E-state index contributed by atoms with van der Waals surface area (Å²) in [5.41, 5.74) is 2.18. The lowest BCUT2D eigenvalue weighted by molar-refractivity contribution is -0.122. The van der Waals surface area contributed by atoms with Gasteiger partial charge >= 0.3 is 0 Å². The highest BCUT2D eigenvalue weighted by Crippen LogP contribution is 2.32. The molecule has 25 heavy (non-hydrogen) atoms. The molecule has 0 bridgehead atoms. The lowest BCUT2D eigenvalue weighted by Gasteiger charge is -2.19. The Kier molecular flexibility index (Phi) is 5.37. The summed E-state index contributed by atoms with van der Waals surface area (Å²) in [5.74, 6) is -0.707. The first-order chi connectivity index (χ1) is 11.9. The van der Waals surface area contributed by atoms with E-state index in [1.54, 1.807) is 35.2 Å². The molecule has 0 radical (unpaired) electrons. The number of nitrogens with one attached hydrogen (secondary N) is 1. The number of benzene rings is 2. The quantitative estimate of drug-likeness (QED) is 0.723. The Labute approximate surface area is 164 Å². The SMILES string of the molecule is Cc1c(Cl)cccc1N1C[C@H](C(=O)Nc2ccc(Br)c(Cl)c2)CC1=O. The maximum atomic E-state index is 12.5. The number of hydrogen-bond acceptors (Lipinski definition) is 2. The summed E-state index contributed by atoms with van der Waals surface area (Å²) in [6, 6.07) is 10.6. The molecule has 2 aromatic rings. The molecule has 1 heterocycles. The first-order valence-corrected chi connectivity index (χ1v) is 9.23. The molecule has 2 aromatic carbocycles. The van der Waals surface area contributed by atoms with Crippen molar-refractivity contribution in [3.05, 3.63) is 56.5 Å². The standard InChI is InChI=1S/C18H15BrCl2N2O2/c1-10-14(20)3-2-4-16(10)23-9-11(7-17(23)24)18(25)22-12-5-6-13(19)15(21)8-12/h2-6,8,11H,7,9H2,1H3,(H,22,25)/t11-/m1/s1. The highest BCUT2D eigenvalue weighted by Gasteiger charge is 2.35. The van der Waals surface area contributed by atoms with Crippen molar-refractivity contribution in [3.8, 4) is 0 Å². The molecule has 3 rings (SSSR count). The van der Waals surface area contributed by atoms with Crippen LogP contribution in [0.4, 0.5) is 11.4 Å². The van der Waals surface area contributed by atoms with Crippen molar-refractivity contribution < 1.29 is 9.59 Å². The lowest BCUT2D eigenvalue weighted by atomic mass is 10.1. The molecule has 0 saturated carbocycles. The minimum absolute atomic E-state index is 0.0839. The fourth-order valence-electron chi connectivity index (χ4n) is 2.82. The average molecular weight is 442 g/mol. The number of amides is 2. The summed E-state index contributed by atoms with van der Waals surface area (Å²) in [4.78, 5) is 26.5. The fraction of sp³-hybridized carbons (Fsp3) is 0.222. The zero-order chi connectivity index (χ0) is 18.1. The maximum Gasteiger partial charge on any atom is 0.229 e. The molecule has 1 saturated heterocycles. The van der Waals surface area contributed by atoms with Crippen LogP contribution in [0.15, 0.2) is 40.9 Å². The Morgan fingerprint density at radius 1 is 1.24 bits per heavy atom. The fourth-order valence-corrected chi connectivity index (χ4v) is 3.42. The second kappa shape index (κ2) is 7.36. The summed E-state index contributed by atoms with van der Waals surface area (Å²) in [6.45, 7) is 2.19. The number of carbonyl (C=O) groups is 2. The van der Waals surface area contributed by atoms with Crippen LogP contribution < -0.4 is 10.2 Å². The van der Waals surface area contributed by atoms with Crippen molar-refractivity contribution in [1.29, 1.82) is 0 Å². The van der Waals surface area contributed by atoms with E-state index in [1.165, 1.54) is 0 Å². The van der Waals surface area contributed by atoms with Crippen LogP contribution >= 0.6 is 39.1 Å². The summed E-state index contributed by atoms with van der Waals surface area (Å²) in [6.07, 6.45) is 0.169. The van der Waals surface area contributed by atoms with Gasteiger partial charge in [0.05, 0.1) is 10.9 Å². The van der Waals surface area contributed by atoms with Crippen molar-refractivity contribution in [1.82, 2.24) is 0 Å². The predicted molar refractivity (Wildman–Crippen MR) is 104 cm³/mol. The highest BCUT2D eigenvalue weighted by atomic mass is 79.9. The van der Waals surface area contributed by atoms with Gasteiger partial charge in [0.2, 0.25) is 11.8 Å². The number of halogens is 3. The summed E-state index contributed by atoms with van der Waals surface area (Å²) >= 11 is 15.5. The van der Waals surface area contributed by atoms with Gasteiger partial charge in [0.25, 0.3) is 0 Å². The summed E-state index contributed by atoms with van der Waals surface area (Å²) < 4.78 is 0.755. The third-order valence-corrected chi connectivity index (χ3v) is 5.85. The number of anilines is 2. The van der Waals surface area contributed by atoms with E-state index < -0.39 is 5.92 Å². The van der Waals surface area contributed by atoms with E-state index in [2.05, 4.69) is 21.2 Å². The Morgan fingerprint density at radius 3 is 2.72 bits per heavy atom. The summed E-state index contributed by atoms with van der Waals surface area (Å²) in [5, 5.41) is 3.93. The van der Waals surface area contributed by atoms with Crippen LogP contribution in [0.2, 0.25) is 10.0 Å². The molecule has 1 atom stereocenters. The molecule has 1 aliphatic heterocycles. The molecular formula is C18H15BrCl2N2O2. The third kappa shape index (κ3) is 3.84. The molecule has 1 aliphatic rings. The number of hydrogen-bond donors (Lipinski definition) is 1. The van der Waals surface area contributed by atoms with E-state index in [9.17, 15) is 9.59 Å². The van der Waals surface area contributed by atoms with Gasteiger partial charge in [0, 0.05) is 33.8 Å². The molecular weight excluding hydrogens is 427 g/mol. The van der Waals surface area contributed by atoms with E-state index >= 15 is 0 Å². The molecule has 0 aromatic heterocycles. The second-order valence-corrected chi connectivity index (χ2v) is 7.58. The minimum atomic E-state index is -0.423. The maximum absolute atomic E-state index is 12.5. The van der Waals surface area contributed by atoms with Crippen LogP contribution in [-0.2, 0) is 9.59 Å². The highest BCUT2D eigenvalue weighted by molar-refractivity contribution is 9.10. The van der Waals surface area contributed by atoms with Crippen LogP contribution in [0, 0.1) is 12.8 Å². The number of carbonyl (C=O) groups excluding carboxylic acids is 2. The van der Waals surface area contributed by atoms with E-state index in [0.717, 1.165) is 15.7 Å². The van der Waals surface area contributed by atoms with Gasteiger partial charge < -0.3 is 10.2 Å². The molecule has 1 N–H and O–H groups in total. The molecule has 0 unspecified atom stereocenters. The predicted octanol–water partition coefficient (Wildman–Crippen LogP) is 5.06. The van der Waals surface area contributed by atoms with Crippen LogP contribution in [0.1, 0.15) is 12.0 Å². The first kappa shape index (κ1) is 18.2. The van der Waals surface area contributed by atoms with E-state index in [0.29, 0.717) is 22.3 Å². The largest absolute Gasteiger partial charge is 0.326 e. The van der Waals surface area contributed by atoms with Crippen LogP contribution in [-0.4, -0.2) is 18.4 Å². The molecule has 1 fully saturated rings. The number of nitrogens with zero attached hydrogens (tertiary/aromatic N) is 1. The van der Waals surface area contributed by atoms with Crippen LogP contribution in [0.3, 0.4) is 0 Å². The average Bonchev–Trinajstić information content (AvgIpc) is 2.95. The molecule has 0 spiro atoms. The van der Waals surface area contributed by atoms with Gasteiger partial charge in [-0.2, -0.15) is 0 Å². The van der Waals surface area contributed by atoms with Gasteiger partial charge in [-0.25, -0.2) is 0 Å². The second-order valence-electron chi connectivity index (χ2n) is 5.91. The monoisotopic (exact) mass is 440 g/mol. The molecule has 130 valence electrons. The van der Waals surface area contributed by atoms with Crippen LogP contribution in [0.5, 0.6) is 0 Å². The van der Waals surface area contributed by atoms with E-state index in [4.69, 9.17) is 23.2 Å². The Balaban J connectivity index is 1.74. The lowest BCUT2D eigenvalue weighted by Crippen LogP contribution is -2.28. The van der Waals surface area contributed by atoms with Gasteiger partial charge in [-0.3, -0.25) is 9.59 Å². The molecule has 4 nitrogen and oxygen atoms in total. The van der Waals surface area contributed by atoms with E-state index in [-0.39, 0.29) is 18.2 Å². The Morgan fingerprint density at radius 2 is 2.00 bits per heavy atom. The normalized spacial score (nSPS) is 17.0. The number of rotatable bonds is 3. The van der Waals surface area contributed by atoms with Crippen molar-refractivity contribution in [2.45, 2.75) is 13.3 Å². The smallest absolute Gasteiger partial charge is 0.229 e. The van der Waals surface area contributed by atoms with Gasteiger partial charge in [-0.1, -0.05) is 29.3 Å². The molecule has 2 amide bonds. The topological polar surface area (TPSA) is 49.4 Å². The Bertz CT molecular complexity index is 857. The van der Waals surface area contributed by atoms with Crippen molar-refractivity contribution in [2.24, 2.45) is 5.92 Å². The van der Waals surface area contributed by atoms with E-state index in [1.807, 2.05) is 13.0 Å². The first-order valence-electron chi connectivity index (χ1n) is 7.68. The van der Waals surface area contributed by atoms with Crippen molar-refractivity contribution in [3.63, 3.8) is 0 Å². The van der Waals surface area contributed by atoms with Gasteiger partial charge in [0.15, 0.2) is 0 Å². The molecule has 0 aliphatic carbocycles. The third-order valence-electron chi connectivity index (χ3n) is 4.21. The van der Waals surface area contributed by atoms with Gasteiger partial charge in [-0.05, 0) is 58.7 Å². The zero-order valence-electron chi connectivity index (χ0n) is 13.4. The zero-order valence-corrected chi connectivity index (χ0v) is 16.5. The summed E-state index contributed by atoms with van der Waals surface area (Å²) in [7, 11) is 0. The Hall–Kier alpha value is -1.56. The minimum Gasteiger partial charge on any atom is -0.326 e. The van der Waals surface area contributed by atoms with Gasteiger partial charge in [0.1, 0.15) is 0 Å². The van der Waals surface area contributed by atoms with Crippen molar-refractivity contribution >= 4 is 62.3 Å². The van der Waals surface area contributed by atoms with Crippen LogP contribution in [0.25, 0.3) is 0 Å². The van der Waals surface area contributed by atoms with Crippen molar-refractivity contribution in [2.75, 3.05) is 16.8 Å². The molecule has 7 heteroatoms.